The van der Waals surface area contributed by atoms with E-state index in [1.165, 1.54) is 34.9 Å². The number of ether oxygens (including phenoxy) is 1. The van der Waals surface area contributed by atoms with Gasteiger partial charge in [0.05, 0.1) is 17.1 Å². The smallest absolute Gasteiger partial charge is 0.387 e. The number of nitrogens with zero attached hydrogens (tertiary/aromatic N) is 3. The van der Waals surface area contributed by atoms with Gasteiger partial charge in [-0.25, -0.2) is 18.4 Å². The van der Waals surface area contributed by atoms with Crippen molar-refractivity contribution in [2.75, 3.05) is 6.54 Å². The summed E-state index contributed by atoms with van der Waals surface area (Å²) >= 11 is 0. The van der Waals surface area contributed by atoms with Crippen LogP contribution in [0.4, 0.5) is 8.78 Å². The van der Waals surface area contributed by atoms with Crippen molar-refractivity contribution in [1.29, 1.82) is 0 Å². The third-order valence-electron chi connectivity index (χ3n) is 3.52. The average Bonchev–Trinajstić information content (AvgIpc) is 2.54. The Hall–Kier alpha value is -2.13. The monoisotopic (exact) mass is 341 g/mol. The zero-order valence-corrected chi connectivity index (χ0v) is 12.7. The lowest BCUT2D eigenvalue weighted by Gasteiger charge is -2.27. The van der Waals surface area contributed by atoms with E-state index in [9.17, 15) is 17.2 Å². The van der Waals surface area contributed by atoms with E-state index in [4.69, 9.17) is 0 Å². The highest BCUT2D eigenvalue weighted by atomic mass is 32.2. The molecular formula is C14H13F2N3O3S. The fourth-order valence-corrected chi connectivity index (χ4v) is 3.78. The lowest BCUT2D eigenvalue weighted by atomic mass is 10.1. The molecule has 9 heteroatoms. The molecule has 0 saturated heterocycles. The summed E-state index contributed by atoms with van der Waals surface area (Å²) in [6.45, 7) is -2.47. The highest BCUT2D eigenvalue weighted by Gasteiger charge is 2.29. The van der Waals surface area contributed by atoms with Crippen molar-refractivity contribution in [2.45, 2.75) is 24.5 Å². The largest absolute Gasteiger partial charge is 0.435 e. The summed E-state index contributed by atoms with van der Waals surface area (Å²) in [7, 11) is -3.72. The van der Waals surface area contributed by atoms with Crippen LogP contribution < -0.4 is 4.74 Å². The van der Waals surface area contributed by atoms with Crippen molar-refractivity contribution in [3.8, 4) is 5.75 Å². The van der Waals surface area contributed by atoms with Crippen LogP contribution in [0, 0.1) is 0 Å². The molecule has 3 rings (SSSR count). The van der Waals surface area contributed by atoms with E-state index in [2.05, 4.69) is 14.7 Å². The number of aromatic nitrogens is 2. The predicted octanol–water partition coefficient (Wildman–Crippen LogP) is 1.83. The van der Waals surface area contributed by atoms with Gasteiger partial charge in [0.15, 0.2) is 0 Å². The molecule has 0 radical (unpaired) electrons. The molecule has 23 heavy (non-hydrogen) atoms. The number of alkyl halides is 2. The van der Waals surface area contributed by atoms with Crippen LogP contribution in [0.5, 0.6) is 5.75 Å². The molecule has 1 aromatic heterocycles. The molecule has 0 unspecified atom stereocenters. The first-order chi connectivity index (χ1) is 11.0. The summed E-state index contributed by atoms with van der Waals surface area (Å²) in [5.74, 6) is -0.0873. The van der Waals surface area contributed by atoms with Crippen LogP contribution in [-0.2, 0) is 23.0 Å². The summed E-state index contributed by atoms with van der Waals surface area (Å²) in [6.07, 6.45) is 3.59. The summed E-state index contributed by atoms with van der Waals surface area (Å²) in [5, 5.41) is 0. The van der Waals surface area contributed by atoms with E-state index in [0.29, 0.717) is 18.7 Å². The van der Waals surface area contributed by atoms with Gasteiger partial charge in [0, 0.05) is 12.7 Å². The van der Waals surface area contributed by atoms with Crippen molar-refractivity contribution in [3.05, 3.63) is 48.0 Å². The predicted molar refractivity (Wildman–Crippen MR) is 76.4 cm³/mol. The van der Waals surface area contributed by atoms with Gasteiger partial charge in [-0.2, -0.15) is 13.1 Å². The standard InChI is InChI=1S/C14H13F2N3O3S/c15-14(16)22-11-1-3-12(4-2-11)23(20,21)19-6-5-10-7-17-9-18-13(10)8-19/h1-4,7,9,14H,5-6,8H2. The Morgan fingerprint density at radius 2 is 1.96 bits per heavy atom. The molecule has 1 aliphatic heterocycles. The Bertz CT molecular complexity index is 797. The Labute approximate surface area is 131 Å². The number of sulfonamides is 1. The molecule has 1 aromatic carbocycles. The van der Waals surface area contributed by atoms with Gasteiger partial charge in [-0.3, -0.25) is 0 Å². The second kappa shape index (κ2) is 6.17. The lowest BCUT2D eigenvalue weighted by molar-refractivity contribution is -0.0498. The first-order valence-corrected chi connectivity index (χ1v) is 8.23. The van der Waals surface area contributed by atoms with E-state index in [0.717, 1.165) is 5.56 Å². The molecule has 0 aliphatic carbocycles. The van der Waals surface area contributed by atoms with Gasteiger partial charge >= 0.3 is 6.61 Å². The van der Waals surface area contributed by atoms with E-state index in [1.54, 1.807) is 6.20 Å². The van der Waals surface area contributed by atoms with Crippen molar-refractivity contribution in [2.24, 2.45) is 0 Å². The van der Waals surface area contributed by atoms with Gasteiger partial charge < -0.3 is 4.74 Å². The summed E-state index contributed by atoms with van der Waals surface area (Å²) in [4.78, 5) is 8.05. The minimum Gasteiger partial charge on any atom is -0.435 e. The zero-order chi connectivity index (χ0) is 16.4. The number of hydrogen-bond acceptors (Lipinski definition) is 5. The van der Waals surface area contributed by atoms with Gasteiger partial charge in [-0.1, -0.05) is 0 Å². The van der Waals surface area contributed by atoms with E-state index >= 15 is 0 Å². The summed E-state index contributed by atoms with van der Waals surface area (Å²) in [6, 6.07) is 4.92. The lowest BCUT2D eigenvalue weighted by Crippen LogP contribution is -2.36. The fourth-order valence-electron chi connectivity index (χ4n) is 2.37. The van der Waals surface area contributed by atoms with Crippen molar-refractivity contribution in [1.82, 2.24) is 14.3 Å². The normalized spacial score (nSPS) is 15.4. The molecule has 0 N–H and O–H groups in total. The highest BCUT2D eigenvalue weighted by molar-refractivity contribution is 7.89. The molecule has 0 bridgehead atoms. The van der Waals surface area contributed by atoms with Gasteiger partial charge in [0.25, 0.3) is 0 Å². The van der Waals surface area contributed by atoms with Gasteiger partial charge in [0.1, 0.15) is 12.1 Å². The molecule has 0 saturated carbocycles. The molecule has 0 fully saturated rings. The first-order valence-electron chi connectivity index (χ1n) is 6.79. The topological polar surface area (TPSA) is 72.4 Å². The van der Waals surface area contributed by atoms with E-state index in [-0.39, 0.29) is 17.2 Å². The molecule has 2 heterocycles. The molecular weight excluding hydrogens is 328 g/mol. The first kappa shape index (κ1) is 15.8. The minimum atomic E-state index is -3.72. The molecule has 0 spiro atoms. The van der Waals surface area contributed by atoms with Crippen molar-refractivity contribution >= 4 is 10.0 Å². The number of benzene rings is 1. The third kappa shape index (κ3) is 3.30. The van der Waals surface area contributed by atoms with Gasteiger partial charge in [-0.15, -0.1) is 0 Å². The number of fused-ring (bicyclic) bond motifs is 1. The maximum Gasteiger partial charge on any atom is 0.387 e. The molecule has 1 aliphatic rings. The molecule has 122 valence electrons. The van der Waals surface area contributed by atoms with Crippen LogP contribution in [-0.4, -0.2) is 35.8 Å². The van der Waals surface area contributed by atoms with Crippen molar-refractivity contribution in [3.63, 3.8) is 0 Å². The SMILES string of the molecule is O=S(=O)(c1ccc(OC(F)F)cc1)N1CCc2cncnc2C1. The maximum atomic E-state index is 12.6. The minimum absolute atomic E-state index is 0.0247. The number of halogens is 2. The van der Waals surface area contributed by atoms with Crippen LogP contribution in [0.2, 0.25) is 0 Å². The van der Waals surface area contributed by atoms with Crippen LogP contribution in [0.15, 0.2) is 41.7 Å². The van der Waals surface area contributed by atoms with Crippen LogP contribution in [0.1, 0.15) is 11.3 Å². The second-order valence-corrected chi connectivity index (χ2v) is 6.87. The Morgan fingerprint density at radius 3 is 2.65 bits per heavy atom. The summed E-state index contributed by atoms with van der Waals surface area (Å²) in [5.41, 5.74) is 1.60. The zero-order valence-electron chi connectivity index (χ0n) is 11.9. The maximum absolute atomic E-state index is 12.6. The number of rotatable bonds is 4. The van der Waals surface area contributed by atoms with Gasteiger partial charge in [-0.05, 0) is 36.2 Å². The second-order valence-electron chi connectivity index (χ2n) is 4.93. The molecule has 0 amide bonds. The Kier molecular flexibility index (Phi) is 4.22. The summed E-state index contributed by atoms with van der Waals surface area (Å²) < 4.78 is 55.0. The number of hydrogen-bond donors (Lipinski definition) is 0. The van der Waals surface area contributed by atoms with Crippen LogP contribution >= 0.6 is 0 Å². The molecule has 0 atom stereocenters. The Morgan fingerprint density at radius 1 is 1.22 bits per heavy atom. The van der Waals surface area contributed by atoms with Crippen LogP contribution in [0.25, 0.3) is 0 Å². The average molecular weight is 341 g/mol. The molecule has 6 nitrogen and oxygen atoms in total. The quantitative estimate of drug-likeness (QED) is 0.848. The fraction of sp³-hybridized carbons (Fsp3) is 0.286. The molecule has 2 aromatic rings. The van der Waals surface area contributed by atoms with E-state index < -0.39 is 16.6 Å². The third-order valence-corrected chi connectivity index (χ3v) is 5.38. The van der Waals surface area contributed by atoms with Crippen LogP contribution in [0.3, 0.4) is 0 Å². The van der Waals surface area contributed by atoms with E-state index in [1.807, 2.05) is 0 Å². The highest BCUT2D eigenvalue weighted by Crippen LogP contribution is 2.25. The van der Waals surface area contributed by atoms with Crippen molar-refractivity contribution < 1.29 is 21.9 Å². The Balaban J connectivity index is 1.82. The van der Waals surface area contributed by atoms with Gasteiger partial charge in [0.2, 0.25) is 10.0 Å².